The Bertz CT molecular complexity index is 658. The molecule has 1 aliphatic heterocycles. The Hall–Kier alpha value is -1.37. The number of piperidine rings is 1. The van der Waals surface area contributed by atoms with Crippen molar-refractivity contribution >= 4 is 34.2 Å². The van der Waals surface area contributed by atoms with Gasteiger partial charge in [-0.3, -0.25) is 4.79 Å². The summed E-state index contributed by atoms with van der Waals surface area (Å²) >= 11 is 3.41. The summed E-state index contributed by atoms with van der Waals surface area (Å²) in [6, 6.07) is 8.03. The van der Waals surface area contributed by atoms with E-state index in [2.05, 4.69) is 38.6 Å². The predicted molar refractivity (Wildman–Crippen MR) is 96.4 cm³/mol. The number of benzene rings is 1. The van der Waals surface area contributed by atoms with Crippen molar-refractivity contribution in [3.05, 3.63) is 46.7 Å². The Kier molecular flexibility index (Phi) is 6.21. The fourth-order valence-electron chi connectivity index (χ4n) is 2.66. The third kappa shape index (κ3) is 4.34. The highest BCUT2D eigenvalue weighted by atomic mass is 79.9. The van der Waals surface area contributed by atoms with Crippen LogP contribution in [0.15, 0.2) is 41.1 Å². The van der Waals surface area contributed by atoms with Crippen molar-refractivity contribution in [3.8, 4) is 5.69 Å². The lowest BCUT2D eigenvalue weighted by Crippen LogP contribution is -2.48. The van der Waals surface area contributed by atoms with Crippen LogP contribution in [0.2, 0.25) is 0 Å². The average molecular weight is 400 g/mol. The minimum Gasteiger partial charge on any atom is -0.349 e. The maximum atomic E-state index is 12.4. The molecular weight excluding hydrogens is 380 g/mol. The SMILES string of the molecule is CC1CNCCC1NC(=O)c1cnn(-c2ccc(Br)cc2)c1.Cl. The molecule has 2 unspecified atom stereocenters. The quantitative estimate of drug-likeness (QED) is 0.834. The van der Waals surface area contributed by atoms with Crippen LogP contribution < -0.4 is 10.6 Å². The molecule has 0 saturated carbocycles. The number of nitrogens with zero attached hydrogens (tertiary/aromatic N) is 2. The number of hydrogen-bond acceptors (Lipinski definition) is 3. The van der Waals surface area contributed by atoms with Crippen molar-refractivity contribution in [3.63, 3.8) is 0 Å². The fourth-order valence-corrected chi connectivity index (χ4v) is 2.92. The summed E-state index contributed by atoms with van der Waals surface area (Å²) in [4.78, 5) is 12.4. The van der Waals surface area contributed by atoms with Gasteiger partial charge in [0.05, 0.1) is 17.4 Å². The van der Waals surface area contributed by atoms with Crippen LogP contribution in [-0.4, -0.2) is 34.8 Å². The molecule has 2 N–H and O–H groups in total. The first kappa shape index (κ1) is 18.0. The van der Waals surface area contributed by atoms with Gasteiger partial charge in [0.1, 0.15) is 0 Å². The summed E-state index contributed by atoms with van der Waals surface area (Å²) in [6.45, 7) is 4.05. The maximum absolute atomic E-state index is 12.4. The van der Waals surface area contributed by atoms with Gasteiger partial charge in [-0.25, -0.2) is 4.68 Å². The van der Waals surface area contributed by atoms with E-state index in [1.165, 1.54) is 0 Å². The standard InChI is InChI=1S/C16H19BrN4O.ClH/c1-11-8-18-7-6-15(11)20-16(22)12-9-19-21(10-12)14-4-2-13(17)3-5-14;/h2-5,9-11,15,18H,6-8H2,1H3,(H,20,22);1H. The van der Waals surface area contributed by atoms with E-state index >= 15 is 0 Å². The number of carbonyl (C=O) groups is 1. The van der Waals surface area contributed by atoms with Gasteiger partial charge in [0, 0.05) is 16.7 Å². The van der Waals surface area contributed by atoms with Crippen LogP contribution >= 0.6 is 28.3 Å². The number of nitrogens with one attached hydrogen (secondary N) is 2. The molecular formula is C16H20BrClN4O. The number of amides is 1. The van der Waals surface area contributed by atoms with E-state index in [-0.39, 0.29) is 24.4 Å². The Morgan fingerprint density at radius 1 is 1.39 bits per heavy atom. The van der Waals surface area contributed by atoms with Gasteiger partial charge in [-0.15, -0.1) is 12.4 Å². The molecule has 5 nitrogen and oxygen atoms in total. The first-order valence-corrected chi connectivity index (χ1v) is 8.25. The van der Waals surface area contributed by atoms with Gasteiger partial charge in [-0.05, 0) is 49.7 Å². The molecule has 124 valence electrons. The third-order valence-corrected chi connectivity index (χ3v) is 4.57. The van der Waals surface area contributed by atoms with Gasteiger partial charge in [0.15, 0.2) is 0 Å². The topological polar surface area (TPSA) is 58.9 Å². The summed E-state index contributed by atoms with van der Waals surface area (Å²) in [6.07, 6.45) is 4.35. The van der Waals surface area contributed by atoms with Gasteiger partial charge in [-0.2, -0.15) is 5.10 Å². The van der Waals surface area contributed by atoms with Crippen molar-refractivity contribution in [2.24, 2.45) is 5.92 Å². The summed E-state index contributed by atoms with van der Waals surface area (Å²) in [5, 5.41) is 10.7. The van der Waals surface area contributed by atoms with E-state index in [0.29, 0.717) is 11.5 Å². The summed E-state index contributed by atoms with van der Waals surface area (Å²) in [5.74, 6) is 0.390. The summed E-state index contributed by atoms with van der Waals surface area (Å²) < 4.78 is 2.73. The largest absolute Gasteiger partial charge is 0.349 e. The maximum Gasteiger partial charge on any atom is 0.254 e. The zero-order chi connectivity index (χ0) is 15.5. The van der Waals surface area contributed by atoms with Gasteiger partial charge in [0.25, 0.3) is 5.91 Å². The van der Waals surface area contributed by atoms with Crippen molar-refractivity contribution in [1.29, 1.82) is 0 Å². The molecule has 0 aliphatic carbocycles. The van der Waals surface area contributed by atoms with Crippen LogP contribution in [0.3, 0.4) is 0 Å². The Morgan fingerprint density at radius 3 is 2.83 bits per heavy atom. The van der Waals surface area contributed by atoms with E-state index < -0.39 is 0 Å². The predicted octanol–water partition coefficient (Wildman–Crippen LogP) is 2.78. The van der Waals surface area contributed by atoms with Crippen molar-refractivity contribution in [2.45, 2.75) is 19.4 Å². The lowest BCUT2D eigenvalue weighted by molar-refractivity contribution is 0.0914. The third-order valence-electron chi connectivity index (χ3n) is 4.04. The summed E-state index contributed by atoms with van der Waals surface area (Å²) in [5.41, 5.74) is 1.52. The first-order valence-electron chi connectivity index (χ1n) is 7.45. The summed E-state index contributed by atoms with van der Waals surface area (Å²) in [7, 11) is 0. The molecule has 1 fully saturated rings. The lowest BCUT2D eigenvalue weighted by Gasteiger charge is -2.30. The van der Waals surface area contributed by atoms with Gasteiger partial charge < -0.3 is 10.6 Å². The molecule has 7 heteroatoms. The molecule has 3 rings (SSSR count). The fraction of sp³-hybridized carbons (Fsp3) is 0.375. The van der Waals surface area contributed by atoms with Crippen LogP contribution in [0.4, 0.5) is 0 Å². The van der Waals surface area contributed by atoms with E-state index in [1.54, 1.807) is 17.1 Å². The highest BCUT2D eigenvalue weighted by molar-refractivity contribution is 9.10. The first-order chi connectivity index (χ1) is 10.6. The molecule has 0 spiro atoms. The molecule has 0 radical (unpaired) electrons. The van der Waals surface area contributed by atoms with Gasteiger partial charge >= 0.3 is 0 Å². The molecule has 1 aromatic carbocycles. The zero-order valence-electron chi connectivity index (χ0n) is 12.8. The number of hydrogen-bond donors (Lipinski definition) is 2. The van der Waals surface area contributed by atoms with Crippen molar-refractivity contribution in [2.75, 3.05) is 13.1 Å². The molecule has 2 heterocycles. The van der Waals surface area contributed by atoms with Crippen LogP contribution in [0.25, 0.3) is 5.69 Å². The Labute approximate surface area is 150 Å². The minimum absolute atomic E-state index is 0. The highest BCUT2D eigenvalue weighted by Gasteiger charge is 2.23. The van der Waals surface area contributed by atoms with Crippen LogP contribution in [0.1, 0.15) is 23.7 Å². The second-order valence-electron chi connectivity index (χ2n) is 5.70. The van der Waals surface area contributed by atoms with Crippen LogP contribution in [-0.2, 0) is 0 Å². The second kappa shape index (κ2) is 7.95. The molecule has 1 amide bonds. The van der Waals surface area contributed by atoms with Crippen LogP contribution in [0, 0.1) is 5.92 Å². The monoisotopic (exact) mass is 398 g/mol. The molecule has 1 aliphatic rings. The zero-order valence-corrected chi connectivity index (χ0v) is 15.2. The van der Waals surface area contributed by atoms with E-state index in [0.717, 1.165) is 29.7 Å². The van der Waals surface area contributed by atoms with Crippen LogP contribution in [0.5, 0.6) is 0 Å². The second-order valence-corrected chi connectivity index (χ2v) is 6.62. The van der Waals surface area contributed by atoms with E-state index in [9.17, 15) is 4.79 Å². The molecule has 2 aromatic rings. The Morgan fingerprint density at radius 2 is 2.13 bits per heavy atom. The molecule has 1 aromatic heterocycles. The molecule has 23 heavy (non-hydrogen) atoms. The van der Waals surface area contributed by atoms with Gasteiger partial charge in [-0.1, -0.05) is 22.9 Å². The number of halogens is 2. The van der Waals surface area contributed by atoms with Crippen molar-refractivity contribution < 1.29 is 4.79 Å². The molecule has 1 saturated heterocycles. The Balaban J connectivity index is 0.00000192. The normalized spacial score (nSPS) is 20.6. The van der Waals surface area contributed by atoms with E-state index in [1.807, 2.05) is 24.3 Å². The molecule has 0 bridgehead atoms. The number of rotatable bonds is 3. The highest BCUT2D eigenvalue weighted by Crippen LogP contribution is 2.15. The average Bonchev–Trinajstić information content (AvgIpc) is 3.00. The van der Waals surface area contributed by atoms with Gasteiger partial charge in [0.2, 0.25) is 0 Å². The number of aromatic nitrogens is 2. The van der Waals surface area contributed by atoms with E-state index in [4.69, 9.17) is 0 Å². The smallest absolute Gasteiger partial charge is 0.254 e. The minimum atomic E-state index is -0.0536. The number of carbonyl (C=O) groups excluding carboxylic acids is 1. The lowest BCUT2D eigenvalue weighted by atomic mass is 9.95. The van der Waals surface area contributed by atoms with Crippen molar-refractivity contribution in [1.82, 2.24) is 20.4 Å². The molecule has 2 atom stereocenters.